The lowest BCUT2D eigenvalue weighted by molar-refractivity contribution is -0.138. The van der Waals surface area contributed by atoms with Crippen LogP contribution in [0.25, 0.3) is 11.1 Å². The highest BCUT2D eigenvalue weighted by atomic mass is 16.5. The lowest BCUT2D eigenvalue weighted by Crippen LogP contribution is -2.30. The van der Waals surface area contributed by atoms with Gasteiger partial charge in [0.2, 0.25) is 5.91 Å². The van der Waals surface area contributed by atoms with Crippen molar-refractivity contribution in [3.8, 4) is 22.6 Å². The number of carboxylic acids is 1. The molecule has 7 heteroatoms. The minimum absolute atomic E-state index is 0.0636. The second-order valence-electron chi connectivity index (χ2n) is 10.3. The van der Waals surface area contributed by atoms with Crippen LogP contribution >= 0.6 is 0 Å². The van der Waals surface area contributed by atoms with Gasteiger partial charge in [0, 0.05) is 38.2 Å². The summed E-state index contributed by atoms with van der Waals surface area (Å²) in [5, 5.41) is 15.5. The largest absolute Gasteiger partial charge is 0.489 e. The lowest BCUT2D eigenvalue weighted by Gasteiger charge is -2.16. The summed E-state index contributed by atoms with van der Waals surface area (Å²) in [7, 11) is 0. The van der Waals surface area contributed by atoms with Crippen molar-refractivity contribution in [3.63, 3.8) is 0 Å². The topological polar surface area (TPSA) is 96.9 Å². The maximum atomic E-state index is 11.5. The summed E-state index contributed by atoms with van der Waals surface area (Å²) >= 11 is 0. The van der Waals surface area contributed by atoms with Crippen molar-refractivity contribution < 1.29 is 24.2 Å². The normalized spacial score (nSPS) is 11.5. The molecule has 4 rings (SSSR count). The summed E-state index contributed by atoms with van der Waals surface area (Å²) in [5.74, 6) is -0.175. The molecule has 7 nitrogen and oxygen atoms in total. The van der Waals surface area contributed by atoms with Crippen LogP contribution in [0, 0.1) is 6.92 Å². The minimum atomic E-state index is -0.866. The number of carboxylic acid groups (broad SMARTS) is 1. The van der Waals surface area contributed by atoms with E-state index >= 15 is 0 Å². The van der Waals surface area contributed by atoms with Gasteiger partial charge in [0.15, 0.2) is 0 Å². The lowest BCUT2D eigenvalue weighted by atomic mass is 9.97. The molecule has 1 amide bonds. The van der Waals surface area contributed by atoms with Gasteiger partial charge in [0.1, 0.15) is 24.7 Å². The zero-order chi connectivity index (χ0) is 29.9. The Labute approximate surface area is 247 Å². The highest BCUT2D eigenvalue weighted by Gasteiger charge is 2.14. The number of carbonyl (C=O) groups is 2. The number of hydrogen-bond acceptors (Lipinski definition) is 5. The van der Waals surface area contributed by atoms with E-state index in [1.54, 1.807) is 6.92 Å². The second kappa shape index (κ2) is 14.8. The zero-order valence-corrected chi connectivity index (χ0v) is 24.4. The van der Waals surface area contributed by atoms with Gasteiger partial charge in [-0.3, -0.25) is 9.59 Å². The van der Waals surface area contributed by atoms with Gasteiger partial charge in [-0.05, 0) is 53.3 Å². The fourth-order valence-electron chi connectivity index (χ4n) is 4.64. The summed E-state index contributed by atoms with van der Waals surface area (Å²) in [4.78, 5) is 22.6. The first-order valence-electron chi connectivity index (χ1n) is 14.1. The monoisotopic (exact) mass is 566 g/mol. The Morgan fingerprint density at radius 2 is 1.62 bits per heavy atom. The van der Waals surface area contributed by atoms with E-state index in [0.29, 0.717) is 37.7 Å². The number of rotatable bonds is 14. The number of aliphatic carboxylic acids is 1. The van der Waals surface area contributed by atoms with E-state index in [1.165, 1.54) is 23.6 Å². The molecule has 0 saturated carbocycles. The van der Waals surface area contributed by atoms with Gasteiger partial charge < -0.3 is 25.2 Å². The Balaban J connectivity index is 1.49. The van der Waals surface area contributed by atoms with Crippen molar-refractivity contribution in [3.05, 3.63) is 119 Å². The minimum Gasteiger partial charge on any atom is -0.489 e. The SMILES string of the molecule is CC(=O)NCCNCc1ccc(OCc2cccc(-c3ccccc3)c2C)cc1OCc1cccc(C(C)C(=O)O)c1. The summed E-state index contributed by atoms with van der Waals surface area (Å²) < 4.78 is 12.5. The molecule has 218 valence electrons. The zero-order valence-electron chi connectivity index (χ0n) is 24.4. The Bertz CT molecular complexity index is 1500. The fraction of sp³-hybridized carbons (Fsp3) is 0.257. The van der Waals surface area contributed by atoms with Crippen LogP contribution in [0.15, 0.2) is 91.0 Å². The van der Waals surface area contributed by atoms with Crippen LogP contribution in [-0.4, -0.2) is 30.1 Å². The van der Waals surface area contributed by atoms with Crippen molar-refractivity contribution in [2.75, 3.05) is 13.1 Å². The number of hydrogen-bond donors (Lipinski definition) is 3. The van der Waals surface area contributed by atoms with Gasteiger partial charge in [-0.15, -0.1) is 0 Å². The molecule has 0 radical (unpaired) electrons. The van der Waals surface area contributed by atoms with Gasteiger partial charge in [-0.1, -0.05) is 78.9 Å². The Hall–Kier alpha value is -4.62. The molecule has 0 heterocycles. The molecular formula is C35H38N2O5. The van der Waals surface area contributed by atoms with Crippen LogP contribution in [0.4, 0.5) is 0 Å². The predicted molar refractivity (Wildman–Crippen MR) is 165 cm³/mol. The molecule has 0 aliphatic carbocycles. The molecule has 42 heavy (non-hydrogen) atoms. The van der Waals surface area contributed by atoms with Crippen LogP contribution in [0.3, 0.4) is 0 Å². The molecule has 3 N–H and O–H groups in total. The van der Waals surface area contributed by atoms with Gasteiger partial charge >= 0.3 is 5.97 Å². The van der Waals surface area contributed by atoms with Gasteiger partial charge in [-0.25, -0.2) is 0 Å². The molecule has 0 saturated heterocycles. The quantitative estimate of drug-likeness (QED) is 0.157. The van der Waals surface area contributed by atoms with Crippen molar-refractivity contribution in [1.82, 2.24) is 10.6 Å². The van der Waals surface area contributed by atoms with Gasteiger partial charge in [0.05, 0.1) is 5.92 Å². The van der Waals surface area contributed by atoms with Crippen LogP contribution < -0.4 is 20.1 Å². The highest BCUT2D eigenvalue weighted by molar-refractivity contribution is 5.75. The summed E-state index contributed by atoms with van der Waals surface area (Å²) in [6, 6.07) is 29.8. The average molecular weight is 567 g/mol. The van der Waals surface area contributed by atoms with Crippen LogP contribution in [0.1, 0.15) is 47.6 Å². The molecule has 0 aromatic heterocycles. The number of amides is 1. The Morgan fingerprint density at radius 1 is 0.833 bits per heavy atom. The first-order valence-corrected chi connectivity index (χ1v) is 14.1. The van der Waals surface area contributed by atoms with E-state index in [4.69, 9.17) is 9.47 Å². The number of ether oxygens (including phenoxy) is 2. The molecule has 0 bridgehead atoms. The van der Waals surface area contributed by atoms with E-state index < -0.39 is 11.9 Å². The smallest absolute Gasteiger partial charge is 0.310 e. The predicted octanol–water partition coefficient (Wildman–Crippen LogP) is 6.23. The molecule has 0 aliphatic heterocycles. The molecule has 0 fully saturated rings. The van der Waals surface area contributed by atoms with E-state index in [-0.39, 0.29) is 12.5 Å². The highest BCUT2D eigenvalue weighted by Crippen LogP contribution is 2.29. The van der Waals surface area contributed by atoms with Crippen LogP contribution in [0.5, 0.6) is 11.5 Å². The molecule has 1 atom stereocenters. The first-order chi connectivity index (χ1) is 20.3. The Morgan fingerprint density at radius 3 is 2.38 bits per heavy atom. The van der Waals surface area contributed by atoms with Crippen molar-refractivity contribution in [2.24, 2.45) is 0 Å². The third kappa shape index (κ3) is 8.44. The number of benzene rings is 4. The van der Waals surface area contributed by atoms with Crippen LogP contribution in [0.2, 0.25) is 0 Å². The standard InChI is InChI=1S/C35H38N2O5/c1-24-31(13-8-14-33(24)28-10-5-4-6-11-28)23-41-32-16-15-30(21-36-17-18-37-26(3)38)34(20-32)42-22-27-9-7-12-29(19-27)25(2)35(39)40/h4-16,19-20,25,36H,17-18,21-23H2,1-3H3,(H,37,38)(H,39,40). The molecule has 1 unspecified atom stereocenters. The summed E-state index contributed by atoms with van der Waals surface area (Å²) in [5.41, 5.74) is 7.19. The van der Waals surface area contributed by atoms with Crippen LogP contribution in [-0.2, 0) is 29.3 Å². The van der Waals surface area contributed by atoms with Gasteiger partial charge in [-0.2, -0.15) is 0 Å². The molecular weight excluding hydrogens is 528 g/mol. The summed E-state index contributed by atoms with van der Waals surface area (Å²) in [6.45, 7) is 7.66. The second-order valence-corrected chi connectivity index (χ2v) is 10.3. The molecule has 4 aromatic rings. The van der Waals surface area contributed by atoms with Crippen molar-refractivity contribution in [1.29, 1.82) is 0 Å². The first kappa shape index (κ1) is 30.3. The molecule has 0 spiro atoms. The molecule has 0 aliphatic rings. The van der Waals surface area contributed by atoms with Crippen molar-refractivity contribution in [2.45, 2.75) is 46.4 Å². The van der Waals surface area contributed by atoms with E-state index in [9.17, 15) is 14.7 Å². The Kier molecular flexibility index (Phi) is 10.7. The van der Waals surface area contributed by atoms with E-state index in [1.807, 2.05) is 60.7 Å². The number of carbonyl (C=O) groups excluding carboxylic acids is 1. The fourth-order valence-corrected chi connectivity index (χ4v) is 4.64. The van der Waals surface area contributed by atoms with E-state index in [2.05, 4.69) is 47.9 Å². The molecule has 4 aromatic carbocycles. The van der Waals surface area contributed by atoms with Crippen molar-refractivity contribution >= 4 is 11.9 Å². The number of nitrogens with one attached hydrogen (secondary N) is 2. The van der Waals surface area contributed by atoms with Gasteiger partial charge in [0.25, 0.3) is 0 Å². The van der Waals surface area contributed by atoms with E-state index in [0.717, 1.165) is 22.3 Å². The summed E-state index contributed by atoms with van der Waals surface area (Å²) in [6.07, 6.45) is 0. The third-order valence-corrected chi connectivity index (χ3v) is 7.17. The maximum Gasteiger partial charge on any atom is 0.310 e. The average Bonchev–Trinajstić information content (AvgIpc) is 3.00. The maximum absolute atomic E-state index is 11.5. The third-order valence-electron chi connectivity index (χ3n) is 7.17.